The number of nitrogens with zero attached hydrogens (tertiary/aromatic N) is 1. The van der Waals surface area contributed by atoms with Gasteiger partial charge in [-0.3, -0.25) is 0 Å². The normalized spacial score (nSPS) is 13.4. The third kappa shape index (κ3) is 3.56. The van der Waals surface area contributed by atoms with E-state index in [1.807, 2.05) is 0 Å². The Morgan fingerprint density at radius 3 is 2.00 bits per heavy atom. The lowest BCUT2D eigenvalue weighted by atomic mass is 10.3. The zero-order chi connectivity index (χ0) is 14.1. The molecule has 1 heterocycles. The van der Waals surface area contributed by atoms with Crippen LogP contribution in [0.15, 0.2) is 0 Å². The molecule has 1 unspecified atom stereocenters. The molecule has 0 saturated carbocycles. The Labute approximate surface area is 101 Å². The zero-order valence-corrected chi connectivity index (χ0v) is 10.3. The highest BCUT2D eigenvalue weighted by molar-refractivity contribution is 7.90. The van der Waals surface area contributed by atoms with Crippen LogP contribution in [0.2, 0.25) is 0 Å². The van der Waals surface area contributed by atoms with E-state index in [9.17, 15) is 26.0 Å². The highest BCUT2D eigenvalue weighted by Crippen LogP contribution is 2.22. The fourth-order valence-corrected chi connectivity index (χ4v) is 2.35. The van der Waals surface area contributed by atoms with Crippen LogP contribution in [-0.2, 0) is 9.84 Å². The Bertz CT molecular complexity index is 536. The fourth-order valence-electron chi connectivity index (χ4n) is 1.36. The van der Waals surface area contributed by atoms with Gasteiger partial charge in [0.25, 0.3) is 11.9 Å². The molecule has 0 aliphatic rings. The highest BCUT2D eigenvalue weighted by atomic mass is 32.2. The first kappa shape index (κ1) is 14.7. The number of sulfone groups is 1. The van der Waals surface area contributed by atoms with Crippen LogP contribution >= 0.6 is 0 Å². The molecule has 1 atom stereocenters. The first-order valence-corrected chi connectivity index (χ1v) is 6.82. The number of nitrogens with one attached hydrogen (secondary N) is 1. The quantitative estimate of drug-likeness (QED) is 0.673. The van der Waals surface area contributed by atoms with E-state index in [0.29, 0.717) is 0 Å². The molecule has 0 aliphatic carbocycles. The molecule has 0 aromatic carbocycles. The number of anilines is 1. The summed E-state index contributed by atoms with van der Waals surface area (Å²) >= 11 is 0. The smallest absolute Gasteiger partial charge is 0.253 e. The Balaban J connectivity index is 3.04. The van der Waals surface area contributed by atoms with E-state index >= 15 is 0 Å². The van der Waals surface area contributed by atoms with Crippen LogP contribution in [-0.4, -0.2) is 31.5 Å². The van der Waals surface area contributed by atoms with Crippen LogP contribution in [0.3, 0.4) is 0 Å². The molecule has 0 aliphatic heterocycles. The van der Waals surface area contributed by atoms with Gasteiger partial charge in [0.15, 0.2) is 0 Å². The van der Waals surface area contributed by atoms with Crippen molar-refractivity contribution in [2.75, 3.05) is 17.3 Å². The Morgan fingerprint density at radius 1 is 1.17 bits per heavy atom. The van der Waals surface area contributed by atoms with Gasteiger partial charge < -0.3 is 5.32 Å². The molecule has 1 aromatic rings. The van der Waals surface area contributed by atoms with Crippen molar-refractivity contribution in [2.45, 2.75) is 13.0 Å². The van der Waals surface area contributed by atoms with Crippen molar-refractivity contribution in [2.24, 2.45) is 0 Å². The molecule has 0 amide bonds. The molecule has 0 fully saturated rings. The van der Waals surface area contributed by atoms with Gasteiger partial charge >= 0.3 is 0 Å². The van der Waals surface area contributed by atoms with Gasteiger partial charge in [0.05, 0.1) is 5.75 Å². The summed E-state index contributed by atoms with van der Waals surface area (Å²) in [7, 11) is -3.40. The van der Waals surface area contributed by atoms with Crippen LogP contribution in [0, 0.1) is 23.5 Å². The lowest BCUT2D eigenvalue weighted by Crippen LogP contribution is -2.26. The minimum absolute atomic E-state index is 0.447. The molecular weight excluding hydrogens is 276 g/mol. The number of pyridine rings is 1. The lowest BCUT2D eigenvalue weighted by molar-refractivity contribution is 0.410. The summed E-state index contributed by atoms with van der Waals surface area (Å²) in [6.45, 7) is 1.30. The van der Waals surface area contributed by atoms with Crippen LogP contribution < -0.4 is 5.32 Å². The number of halogens is 4. The van der Waals surface area contributed by atoms with E-state index in [0.717, 1.165) is 6.26 Å². The van der Waals surface area contributed by atoms with Gasteiger partial charge in [-0.25, -0.2) is 8.42 Å². The molecule has 0 spiro atoms. The molecule has 0 bridgehead atoms. The van der Waals surface area contributed by atoms with Gasteiger partial charge in [-0.2, -0.15) is 22.5 Å². The van der Waals surface area contributed by atoms with Crippen molar-refractivity contribution >= 4 is 15.5 Å². The van der Waals surface area contributed by atoms with E-state index in [1.54, 1.807) is 0 Å². The molecule has 1 aromatic heterocycles. The Morgan fingerprint density at radius 2 is 1.61 bits per heavy atom. The van der Waals surface area contributed by atoms with Crippen LogP contribution in [0.1, 0.15) is 6.92 Å². The summed E-state index contributed by atoms with van der Waals surface area (Å²) in [6.07, 6.45) is 0.922. The Kier molecular flexibility index (Phi) is 4.15. The molecule has 4 nitrogen and oxygen atoms in total. The van der Waals surface area contributed by atoms with Crippen molar-refractivity contribution in [1.82, 2.24) is 4.98 Å². The topological polar surface area (TPSA) is 59.1 Å². The van der Waals surface area contributed by atoms with Gasteiger partial charge in [-0.15, -0.1) is 0 Å². The Hall–Kier alpha value is -1.38. The number of hydrogen-bond acceptors (Lipinski definition) is 4. The molecule has 1 rings (SSSR count). The van der Waals surface area contributed by atoms with Gasteiger partial charge in [-0.1, -0.05) is 0 Å². The minimum Gasteiger partial charge on any atom is -0.377 e. The maximum absolute atomic E-state index is 13.2. The second-order valence-electron chi connectivity index (χ2n) is 3.83. The van der Waals surface area contributed by atoms with Crippen molar-refractivity contribution in [3.8, 4) is 0 Å². The van der Waals surface area contributed by atoms with E-state index in [2.05, 4.69) is 10.3 Å². The molecule has 1 N–H and O–H groups in total. The second kappa shape index (κ2) is 5.09. The van der Waals surface area contributed by atoms with Crippen molar-refractivity contribution in [3.05, 3.63) is 23.5 Å². The van der Waals surface area contributed by atoms with Crippen molar-refractivity contribution in [1.29, 1.82) is 0 Å². The summed E-state index contributed by atoms with van der Waals surface area (Å²) in [5.74, 6) is -7.45. The van der Waals surface area contributed by atoms with Gasteiger partial charge in [0, 0.05) is 12.3 Å². The summed E-state index contributed by atoms with van der Waals surface area (Å²) in [5.41, 5.74) is -1.07. The van der Waals surface area contributed by atoms with E-state index in [4.69, 9.17) is 0 Å². The standard InChI is InChI=1S/C9H10F4N2O2S/c1-4(3-18(2,16)17)14-7-5(10)8(12)15-9(13)6(7)11/h4H,3H2,1-2H3,(H,14,15). The highest BCUT2D eigenvalue weighted by Gasteiger charge is 2.22. The van der Waals surface area contributed by atoms with E-state index in [1.165, 1.54) is 6.92 Å². The van der Waals surface area contributed by atoms with Crippen LogP contribution in [0.4, 0.5) is 23.2 Å². The molecule has 18 heavy (non-hydrogen) atoms. The van der Waals surface area contributed by atoms with Crippen molar-refractivity contribution < 1.29 is 26.0 Å². The van der Waals surface area contributed by atoms with Crippen LogP contribution in [0.5, 0.6) is 0 Å². The van der Waals surface area contributed by atoms with Gasteiger partial charge in [0.1, 0.15) is 15.5 Å². The zero-order valence-electron chi connectivity index (χ0n) is 9.47. The average molecular weight is 286 g/mol. The monoisotopic (exact) mass is 286 g/mol. The third-order valence-corrected chi connectivity index (χ3v) is 3.05. The van der Waals surface area contributed by atoms with Crippen molar-refractivity contribution in [3.63, 3.8) is 0 Å². The predicted octanol–water partition coefficient (Wildman–Crippen LogP) is 1.48. The van der Waals surface area contributed by atoms with Gasteiger partial charge in [0.2, 0.25) is 11.6 Å². The molecule has 0 saturated heterocycles. The number of hydrogen-bond donors (Lipinski definition) is 1. The molecular formula is C9H10F4N2O2S. The summed E-state index contributed by atoms with van der Waals surface area (Å²) < 4.78 is 73.8. The molecule has 0 radical (unpaired) electrons. The second-order valence-corrected chi connectivity index (χ2v) is 6.02. The minimum atomic E-state index is -3.40. The first-order chi connectivity index (χ1) is 8.11. The third-order valence-electron chi connectivity index (χ3n) is 1.94. The summed E-state index contributed by atoms with van der Waals surface area (Å²) in [6, 6.07) is -0.926. The first-order valence-electron chi connectivity index (χ1n) is 4.76. The molecule has 102 valence electrons. The maximum Gasteiger partial charge on any atom is 0.253 e. The number of aromatic nitrogens is 1. The average Bonchev–Trinajstić information content (AvgIpc) is 2.19. The van der Waals surface area contributed by atoms with Gasteiger partial charge in [-0.05, 0) is 6.92 Å². The maximum atomic E-state index is 13.2. The van der Waals surface area contributed by atoms with E-state index in [-0.39, 0.29) is 0 Å². The predicted molar refractivity (Wildman–Crippen MR) is 56.9 cm³/mol. The summed E-state index contributed by atoms with van der Waals surface area (Å²) in [4.78, 5) is 2.37. The lowest BCUT2D eigenvalue weighted by Gasteiger charge is -2.15. The summed E-state index contributed by atoms with van der Waals surface area (Å²) in [5, 5.41) is 2.07. The van der Waals surface area contributed by atoms with Crippen LogP contribution in [0.25, 0.3) is 0 Å². The fraction of sp³-hybridized carbons (Fsp3) is 0.444. The molecule has 9 heteroatoms. The largest absolute Gasteiger partial charge is 0.377 e. The van der Waals surface area contributed by atoms with E-state index < -0.39 is 50.8 Å². The number of rotatable bonds is 4. The SMILES string of the molecule is CC(CS(C)(=O)=O)Nc1c(F)c(F)nc(F)c1F.